The fraction of sp³-hybridized carbons (Fsp3) is 0.864. The minimum atomic E-state index is -1.29. The molecule has 0 aliphatic heterocycles. The van der Waals surface area contributed by atoms with Crippen LogP contribution in [0.15, 0.2) is 0 Å². The highest BCUT2D eigenvalue weighted by molar-refractivity contribution is 5.94. The molecule has 0 aliphatic carbocycles. The van der Waals surface area contributed by atoms with Crippen LogP contribution < -0.4 is 0 Å². The number of hydrogen-bond donors (Lipinski definition) is 1. The molecule has 0 saturated heterocycles. The lowest BCUT2D eigenvalue weighted by Gasteiger charge is -2.32. The number of ether oxygens (including phenoxy) is 4. The van der Waals surface area contributed by atoms with Gasteiger partial charge in [-0.15, -0.1) is 0 Å². The molecular formula is C22H41NO8. The van der Waals surface area contributed by atoms with Gasteiger partial charge in [-0.2, -0.15) is 4.90 Å². The Balaban J connectivity index is 5.46. The molecule has 0 fully saturated rings. The van der Waals surface area contributed by atoms with E-state index in [0.717, 1.165) is 12.8 Å². The zero-order valence-corrected chi connectivity index (χ0v) is 20.5. The Morgan fingerprint density at radius 3 is 1.81 bits per heavy atom. The Morgan fingerprint density at radius 2 is 1.42 bits per heavy atom. The lowest BCUT2D eigenvalue weighted by molar-refractivity contribution is -0.162. The molecule has 0 spiro atoms. The highest BCUT2D eigenvalue weighted by atomic mass is 16.6. The molecule has 0 aliphatic rings. The smallest absolute Gasteiger partial charge is 0.420 e. The van der Waals surface area contributed by atoms with Crippen molar-refractivity contribution in [1.82, 2.24) is 4.90 Å². The van der Waals surface area contributed by atoms with Crippen molar-refractivity contribution in [2.24, 2.45) is 0 Å². The van der Waals surface area contributed by atoms with E-state index in [-0.39, 0.29) is 13.0 Å². The van der Waals surface area contributed by atoms with Crippen LogP contribution in [0.3, 0.4) is 0 Å². The van der Waals surface area contributed by atoms with Crippen molar-refractivity contribution in [1.29, 1.82) is 0 Å². The van der Waals surface area contributed by atoms with Gasteiger partial charge in [0.25, 0.3) is 0 Å². The molecule has 9 heteroatoms. The number of nitrogens with zero attached hydrogens (tertiary/aromatic N) is 1. The van der Waals surface area contributed by atoms with E-state index in [0.29, 0.717) is 11.5 Å². The maximum absolute atomic E-state index is 12.8. The Hall–Kier alpha value is -1.87. The average molecular weight is 448 g/mol. The van der Waals surface area contributed by atoms with Crippen molar-refractivity contribution >= 4 is 18.2 Å². The number of imide groups is 1. The first-order chi connectivity index (χ1) is 14.1. The van der Waals surface area contributed by atoms with Crippen LogP contribution in [0.25, 0.3) is 0 Å². The topological polar surface area (TPSA) is 112 Å². The van der Waals surface area contributed by atoms with E-state index in [4.69, 9.17) is 18.9 Å². The van der Waals surface area contributed by atoms with Crippen LogP contribution in [-0.2, 0) is 23.7 Å². The standard InChI is InChI=1S/C22H41NO8/c1-10-11-14-28-17(12-13-24)16(3)29-18(25)15(2)23(19(26)30-21(4,5)6)20(27)31-22(7,8)9/h15-17,24H,10-14H2,1-9H3/t15-,16-,17+/m0/s1. The van der Waals surface area contributed by atoms with Crippen LogP contribution in [-0.4, -0.2) is 70.8 Å². The Bertz CT molecular complexity index is 551. The van der Waals surface area contributed by atoms with Gasteiger partial charge in [-0.05, 0) is 61.8 Å². The number of unbranched alkanes of at least 4 members (excludes halogenated alkanes) is 1. The first kappa shape index (κ1) is 29.1. The highest BCUT2D eigenvalue weighted by Crippen LogP contribution is 2.19. The maximum atomic E-state index is 12.8. The number of esters is 1. The third kappa shape index (κ3) is 11.9. The zero-order valence-electron chi connectivity index (χ0n) is 20.5. The molecule has 0 radical (unpaired) electrons. The number of hydrogen-bond acceptors (Lipinski definition) is 8. The number of carbonyl (C=O) groups excluding carboxylic acids is 3. The molecule has 0 unspecified atom stereocenters. The van der Waals surface area contributed by atoms with E-state index in [1.807, 2.05) is 6.92 Å². The molecule has 1 N–H and O–H groups in total. The second kappa shape index (κ2) is 12.9. The van der Waals surface area contributed by atoms with E-state index in [1.54, 1.807) is 48.5 Å². The molecule has 0 aromatic carbocycles. The third-order valence-corrected chi connectivity index (χ3v) is 3.98. The Kier molecular flexibility index (Phi) is 12.1. The summed E-state index contributed by atoms with van der Waals surface area (Å²) in [6, 6.07) is -1.29. The van der Waals surface area contributed by atoms with Crippen LogP contribution in [0.5, 0.6) is 0 Å². The van der Waals surface area contributed by atoms with Gasteiger partial charge in [0, 0.05) is 19.6 Å². The first-order valence-electron chi connectivity index (χ1n) is 10.8. The highest BCUT2D eigenvalue weighted by Gasteiger charge is 2.39. The fourth-order valence-corrected chi connectivity index (χ4v) is 2.44. The minimum absolute atomic E-state index is 0.129. The summed E-state index contributed by atoms with van der Waals surface area (Å²) in [5, 5.41) is 9.28. The SMILES string of the molecule is CCCCO[C@H](CCO)[C@H](C)OC(=O)[C@H](C)N(C(=O)OC(C)(C)C)C(=O)OC(C)(C)C. The summed E-state index contributed by atoms with van der Waals surface area (Å²) in [6.45, 7) is 15.3. The summed E-state index contributed by atoms with van der Waals surface area (Å²) in [5.74, 6) is -0.814. The van der Waals surface area contributed by atoms with Gasteiger partial charge < -0.3 is 24.1 Å². The third-order valence-electron chi connectivity index (χ3n) is 3.98. The quantitative estimate of drug-likeness (QED) is 0.303. The van der Waals surface area contributed by atoms with Crippen LogP contribution in [0.4, 0.5) is 9.59 Å². The van der Waals surface area contributed by atoms with Gasteiger partial charge in [0.05, 0.1) is 6.10 Å². The summed E-state index contributed by atoms with van der Waals surface area (Å²) in [4.78, 5) is 38.7. The van der Waals surface area contributed by atoms with Crippen molar-refractivity contribution in [3.05, 3.63) is 0 Å². The number of amides is 2. The summed E-state index contributed by atoms with van der Waals surface area (Å²) < 4.78 is 21.8. The number of carbonyl (C=O) groups is 3. The van der Waals surface area contributed by atoms with Crippen molar-refractivity contribution in [3.8, 4) is 0 Å². The van der Waals surface area contributed by atoms with E-state index in [1.165, 1.54) is 6.92 Å². The molecule has 0 saturated carbocycles. The Morgan fingerprint density at radius 1 is 0.935 bits per heavy atom. The molecule has 2 amide bonds. The summed E-state index contributed by atoms with van der Waals surface area (Å²) in [5.41, 5.74) is -1.76. The lowest BCUT2D eigenvalue weighted by Crippen LogP contribution is -2.52. The van der Waals surface area contributed by atoms with E-state index >= 15 is 0 Å². The molecule has 31 heavy (non-hydrogen) atoms. The van der Waals surface area contributed by atoms with Gasteiger partial charge in [0.15, 0.2) is 0 Å². The minimum Gasteiger partial charge on any atom is -0.458 e. The number of aliphatic hydroxyl groups is 1. The summed E-state index contributed by atoms with van der Waals surface area (Å²) in [7, 11) is 0. The van der Waals surface area contributed by atoms with Crippen molar-refractivity contribution in [3.63, 3.8) is 0 Å². The monoisotopic (exact) mass is 447 g/mol. The number of aliphatic hydroxyl groups excluding tert-OH is 1. The van der Waals surface area contributed by atoms with Crippen LogP contribution >= 0.6 is 0 Å². The zero-order chi connectivity index (χ0) is 24.4. The molecule has 0 bridgehead atoms. The first-order valence-corrected chi connectivity index (χ1v) is 10.8. The normalized spacial score (nSPS) is 14.9. The van der Waals surface area contributed by atoms with E-state index in [2.05, 4.69) is 0 Å². The van der Waals surface area contributed by atoms with E-state index in [9.17, 15) is 19.5 Å². The molecule has 0 heterocycles. The van der Waals surface area contributed by atoms with Gasteiger partial charge in [-0.25, -0.2) is 14.4 Å². The molecule has 0 aromatic rings. The predicted molar refractivity (Wildman–Crippen MR) is 116 cm³/mol. The molecular weight excluding hydrogens is 406 g/mol. The molecule has 9 nitrogen and oxygen atoms in total. The second-order valence-electron chi connectivity index (χ2n) is 9.42. The van der Waals surface area contributed by atoms with Crippen molar-refractivity contribution in [2.45, 2.75) is 111 Å². The predicted octanol–water partition coefficient (Wildman–Crippen LogP) is 4.05. The van der Waals surface area contributed by atoms with Gasteiger partial charge in [-0.1, -0.05) is 13.3 Å². The molecule has 182 valence electrons. The second-order valence-corrected chi connectivity index (χ2v) is 9.42. The molecule has 3 atom stereocenters. The van der Waals surface area contributed by atoms with Gasteiger partial charge >= 0.3 is 18.2 Å². The van der Waals surface area contributed by atoms with Crippen LogP contribution in [0.2, 0.25) is 0 Å². The summed E-state index contributed by atoms with van der Waals surface area (Å²) in [6.07, 6.45) is -1.16. The summed E-state index contributed by atoms with van der Waals surface area (Å²) >= 11 is 0. The Labute approximate surface area is 186 Å². The average Bonchev–Trinajstić information content (AvgIpc) is 2.57. The van der Waals surface area contributed by atoms with Crippen molar-refractivity contribution < 1.29 is 38.4 Å². The lowest BCUT2D eigenvalue weighted by atomic mass is 10.1. The van der Waals surface area contributed by atoms with E-state index < -0.39 is 47.6 Å². The largest absolute Gasteiger partial charge is 0.458 e. The van der Waals surface area contributed by atoms with Crippen LogP contribution in [0.1, 0.15) is 81.6 Å². The maximum Gasteiger partial charge on any atom is 0.420 e. The molecule has 0 rings (SSSR count). The molecule has 0 aromatic heterocycles. The van der Waals surface area contributed by atoms with Gasteiger partial charge in [0.1, 0.15) is 23.3 Å². The van der Waals surface area contributed by atoms with Gasteiger partial charge in [-0.3, -0.25) is 0 Å². The van der Waals surface area contributed by atoms with Crippen molar-refractivity contribution in [2.75, 3.05) is 13.2 Å². The van der Waals surface area contributed by atoms with Crippen LogP contribution in [0, 0.1) is 0 Å². The van der Waals surface area contributed by atoms with Gasteiger partial charge in [0.2, 0.25) is 0 Å². The number of rotatable bonds is 10. The fourth-order valence-electron chi connectivity index (χ4n) is 2.44.